The van der Waals surface area contributed by atoms with Crippen LogP contribution in [0.25, 0.3) is 11.5 Å². The predicted molar refractivity (Wildman–Crippen MR) is 93.5 cm³/mol. The number of rotatable bonds is 4. The molecule has 1 aromatic heterocycles. The van der Waals surface area contributed by atoms with Crippen LogP contribution < -0.4 is 0 Å². The Balaban J connectivity index is 1.71. The van der Waals surface area contributed by atoms with E-state index >= 15 is 0 Å². The van der Waals surface area contributed by atoms with Gasteiger partial charge in [-0.25, -0.2) is 0 Å². The van der Waals surface area contributed by atoms with Crippen LogP contribution in [0.5, 0.6) is 0 Å². The number of hydrogen-bond acceptors (Lipinski definition) is 4. The zero-order chi connectivity index (χ0) is 14.7. The standard InChI is InChI=1S/C15H10ClIN2OS/c16-13-4-2-1-3-11(13)9-21-15-19-18-14(20-15)10-5-7-12(17)8-6-10/h1-8H,9H2. The Morgan fingerprint density at radius 1 is 1.05 bits per heavy atom. The second-order valence-corrected chi connectivity index (χ2v) is 6.84. The molecule has 0 aliphatic carbocycles. The molecule has 0 radical (unpaired) electrons. The first kappa shape index (κ1) is 14.9. The summed E-state index contributed by atoms with van der Waals surface area (Å²) in [5.74, 6) is 1.24. The second kappa shape index (κ2) is 6.81. The van der Waals surface area contributed by atoms with E-state index in [0.717, 1.165) is 16.1 Å². The topological polar surface area (TPSA) is 38.9 Å². The Bertz CT molecular complexity index is 745. The van der Waals surface area contributed by atoms with Crippen LogP contribution in [0.3, 0.4) is 0 Å². The molecule has 0 bridgehead atoms. The van der Waals surface area contributed by atoms with Crippen LogP contribution in [0.4, 0.5) is 0 Å². The molecule has 0 saturated carbocycles. The number of nitrogens with zero attached hydrogens (tertiary/aromatic N) is 2. The van der Waals surface area contributed by atoms with Crippen LogP contribution in [0.2, 0.25) is 5.02 Å². The summed E-state index contributed by atoms with van der Waals surface area (Å²) in [6.07, 6.45) is 0. The van der Waals surface area contributed by atoms with Crippen molar-refractivity contribution in [3.63, 3.8) is 0 Å². The normalized spacial score (nSPS) is 10.8. The fraction of sp³-hybridized carbons (Fsp3) is 0.0667. The monoisotopic (exact) mass is 428 g/mol. The van der Waals surface area contributed by atoms with Crippen LogP contribution in [-0.4, -0.2) is 10.2 Å². The van der Waals surface area contributed by atoms with E-state index in [1.807, 2.05) is 48.5 Å². The Kier molecular flexibility index (Phi) is 4.82. The number of benzene rings is 2. The molecule has 0 aliphatic heterocycles. The highest BCUT2D eigenvalue weighted by molar-refractivity contribution is 14.1. The van der Waals surface area contributed by atoms with Crippen molar-refractivity contribution in [1.29, 1.82) is 0 Å². The van der Waals surface area contributed by atoms with E-state index < -0.39 is 0 Å². The number of aromatic nitrogens is 2. The quantitative estimate of drug-likeness (QED) is 0.418. The molecule has 0 saturated heterocycles. The van der Waals surface area contributed by atoms with Gasteiger partial charge in [-0.1, -0.05) is 41.6 Å². The maximum atomic E-state index is 6.13. The van der Waals surface area contributed by atoms with Crippen molar-refractivity contribution < 1.29 is 4.42 Å². The summed E-state index contributed by atoms with van der Waals surface area (Å²) in [4.78, 5) is 0. The minimum atomic E-state index is 0.535. The maximum Gasteiger partial charge on any atom is 0.277 e. The first-order valence-electron chi connectivity index (χ1n) is 6.18. The molecule has 0 unspecified atom stereocenters. The van der Waals surface area contributed by atoms with Crippen LogP contribution in [0.15, 0.2) is 58.2 Å². The van der Waals surface area contributed by atoms with Crippen molar-refractivity contribution in [2.24, 2.45) is 0 Å². The number of hydrogen-bond donors (Lipinski definition) is 0. The van der Waals surface area contributed by atoms with Gasteiger partial charge in [0.25, 0.3) is 5.22 Å². The number of thioether (sulfide) groups is 1. The summed E-state index contributed by atoms with van der Waals surface area (Å²) in [5, 5.41) is 9.44. The van der Waals surface area contributed by atoms with Gasteiger partial charge in [-0.3, -0.25) is 0 Å². The summed E-state index contributed by atoms with van der Waals surface area (Å²) in [6, 6.07) is 15.7. The molecule has 1 heterocycles. The van der Waals surface area contributed by atoms with E-state index in [1.165, 1.54) is 15.3 Å². The molecule has 2 aromatic carbocycles. The summed E-state index contributed by atoms with van der Waals surface area (Å²) in [6.45, 7) is 0. The molecule has 106 valence electrons. The molecular formula is C15H10ClIN2OS. The molecular weight excluding hydrogens is 419 g/mol. The third kappa shape index (κ3) is 3.78. The SMILES string of the molecule is Clc1ccccc1CSc1nnc(-c2ccc(I)cc2)o1. The van der Waals surface area contributed by atoms with E-state index in [1.54, 1.807) is 0 Å². The molecule has 0 aliphatic rings. The zero-order valence-corrected chi connectivity index (χ0v) is 14.5. The molecule has 21 heavy (non-hydrogen) atoms. The lowest BCUT2D eigenvalue weighted by Crippen LogP contribution is -1.81. The fourth-order valence-electron chi connectivity index (χ4n) is 1.73. The van der Waals surface area contributed by atoms with Gasteiger partial charge < -0.3 is 4.42 Å². The average molecular weight is 429 g/mol. The first-order valence-corrected chi connectivity index (χ1v) is 8.62. The average Bonchev–Trinajstić information content (AvgIpc) is 2.96. The van der Waals surface area contributed by atoms with Crippen LogP contribution >= 0.6 is 46.0 Å². The second-order valence-electron chi connectivity index (χ2n) is 4.26. The summed E-state index contributed by atoms with van der Waals surface area (Å²) in [5.41, 5.74) is 1.98. The van der Waals surface area contributed by atoms with Gasteiger partial charge >= 0.3 is 0 Å². The van der Waals surface area contributed by atoms with Gasteiger partial charge in [-0.05, 0) is 58.5 Å². The predicted octanol–water partition coefficient (Wildman–Crippen LogP) is 5.29. The molecule has 0 fully saturated rings. The van der Waals surface area contributed by atoms with Crippen LogP contribution in [-0.2, 0) is 5.75 Å². The largest absolute Gasteiger partial charge is 0.411 e. The summed E-state index contributed by atoms with van der Waals surface area (Å²) in [7, 11) is 0. The Morgan fingerprint density at radius 2 is 1.81 bits per heavy atom. The van der Waals surface area contributed by atoms with E-state index in [0.29, 0.717) is 16.9 Å². The third-order valence-corrected chi connectivity index (χ3v) is 4.76. The Labute approximate surface area is 145 Å². The number of halogens is 2. The molecule has 3 nitrogen and oxygen atoms in total. The highest BCUT2D eigenvalue weighted by Gasteiger charge is 2.10. The Morgan fingerprint density at radius 3 is 2.57 bits per heavy atom. The zero-order valence-electron chi connectivity index (χ0n) is 10.8. The van der Waals surface area contributed by atoms with Crippen molar-refractivity contribution in [3.05, 3.63) is 62.7 Å². The molecule has 3 rings (SSSR count). The van der Waals surface area contributed by atoms with Gasteiger partial charge in [0.15, 0.2) is 0 Å². The minimum Gasteiger partial charge on any atom is -0.411 e. The highest BCUT2D eigenvalue weighted by atomic mass is 127. The smallest absolute Gasteiger partial charge is 0.277 e. The van der Waals surface area contributed by atoms with Crippen molar-refractivity contribution in [1.82, 2.24) is 10.2 Å². The highest BCUT2D eigenvalue weighted by Crippen LogP contribution is 2.28. The van der Waals surface area contributed by atoms with Gasteiger partial charge in [0, 0.05) is 19.9 Å². The van der Waals surface area contributed by atoms with Crippen molar-refractivity contribution >= 4 is 46.0 Å². The van der Waals surface area contributed by atoms with Crippen LogP contribution in [0, 0.1) is 3.57 Å². The molecule has 0 N–H and O–H groups in total. The van der Waals surface area contributed by atoms with E-state index in [2.05, 4.69) is 32.8 Å². The maximum absolute atomic E-state index is 6.13. The van der Waals surface area contributed by atoms with E-state index in [4.69, 9.17) is 16.0 Å². The molecule has 0 amide bonds. The first-order chi connectivity index (χ1) is 10.2. The molecule has 3 aromatic rings. The molecule has 0 atom stereocenters. The lowest BCUT2D eigenvalue weighted by atomic mass is 10.2. The van der Waals surface area contributed by atoms with Gasteiger partial charge in [-0.15, -0.1) is 10.2 Å². The molecule has 6 heteroatoms. The van der Waals surface area contributed by atoms with Crippen molar-refractivity contribution in [2.75, 3.05) is 0 Å². The lowest BCUT2D eigenvalue weighted by Gasteiger charge is -2.00. The minimum absolute atomic E-state index is 0.535. The fourth-order valence-corrected chi connectivity index (χ4v) is 3.14. The lowest BCUT2D eigenvalue weighted by molar-refractivity contribution is 0.466. The summed E-state index contributed by atoms with van der Waals surface area (Å²) < 4.78 is 6.84. The Hall–Kier alpha value is -1.05. The van der Waals surface area contributed by atoms with Gasteiger partial charge in [0.1, 0.15) is 0 Å². The van der Waals surface area contributed by atoms with E-state index in [-0.39, 0.29) is 0 Å². The van der Waals surface area contributed by atoms with Crippen molar-refractivity contribution in [2.45, 2.75) is 11.0 Å². The van der Waals surface area contributed by atoms with Crippen molar-refractivity contribution in [3.8, 4) is 11.5 Å². The van der Waals surface area contributed by atoms with Gasteiger partial charge in [0.05, 0.1) is 0 Å². The van der Waals surface area contributed by atoms with Crippen LogP contribution in [0.1, 0.15) is 5.56 Å². The summed E-state index contributed by atoms with van der Waals surface area (Å²) >= 11 is 9.87. The van der Waals surface area contributed by atoms with Gasteiger partial charge in [-0.2, -0.15) is 0 Å². The van der Waals surface area contributed by atoms with Gasteiger partial charge in [0.2, 0.25) is 5.89 Å². The molecule has 0 spiro atoms. The van der Waals surface area contributed by atoms with E-state index in [9.17, 15) is 0 Å². The third-order valence-electron chi connectivity index (χ3n) is 2.81.